The van der Waals surface area contributed by atoms with E-state index in [0.29, 0.717) is 0 Å². The molecule has 174 valence electrons. The van der Waals surface area contributed by atoms with E-state index in [1.807, 2.05) is 6.20 Å². The van der Waals surface area contributed by atoms with E-state index in [1.165, 1.54) is 58.0 Å². The van der Waals surface area contributed by atoms with E-state index >= 15 is 0 Å². The van der Waals surface area contributed by atoms with Crippen LogP contribution in [0.1, 0.15) is 62.1 Å². The van der Waals surface area contributed by atoms with Crippen LogP contribution in [0.4, 0.5) is 0 Å². The fraction of sp³-hybridized carbons (Fsp3) is 0.344. The zero-order valence-electron chi connectivity index (χ0n) is 21.4. The van der Waals surface area contributed by atoms with E-state index in [1.54, 1.807) is 0 Å². The quantitative estimate of drug-likeness (QED) is 0.302. The third kappa shape index (κ3) is 9.22. The summed E-state index contributed by atoms with van der Waals surface area (Å²) < 4.78 is 0. The Bertz CT molecular complexity index is 1080. The predicted octanol–water partition coefficient (Wildman–Crippen LogP) is 8.94. The van der Waals surface area contributed by atoms with Crippen molar-refractivity contribution in [1.82, 2.24) is 4.98 Å². The number of aromatic nitrogens is 1. The molecule has 3 aromatic carbocycles. The van der Waals surface area contributed by atoms with Crippen LogP contribution in [0.2, 0.25) is 0 Å². The summed E-state index contributed by atoms with van der Waals surface area (Å²) in [5.74, 6) is 0.766. The monoisotopic (exact) mass is 439 g/mol. The van der Waals surface area contributed by atoms with Crippen LogP contribution in [0.25, 0.3) is 10.8 Å². The Kier molecular flexibility index (Phi) is 11.4. The lowest BCUT2D eigenvalue weighted by molar-refractivity contribution is 0.647. The summed E-state index contributed by atoms with van der Waals surface area (Å²) in [5, 5.41) is 2.64. The van der Waals surface area contributed by atoms with E-state index in [0.717, 1.165) is 12.3 Å². The number of rotatable bonds is 5. The maximum Gasteiger partial charge on any atom is 0.0407 e. The average Bonchev–Trinajstić information content (AvgIpc) is 2.81. The molecule has 0 N–H and O–H groups in total. The zero-order valence-corrected chi connectivity index (χ0v) is 21.4. The summed E-state index contributed by atoms with van der Waals surface area (Å²) >= 11 is 0. The largest absolute Gasteiger partial charge is 0.261 e. The van der Waals surface area contributed by atoms with Crippen LogP contribution in [-0.2, 0) is 19.3 Å². The minimum Gasteiger partial charge on any atom is -0.261 e. The second-order valence-corrected chi connectivity index (χ2v) is 9.07. The average molecular weight is 440 g/mol. The first kappa shape index (κ1) is 26.3. The van der Waals surface area contributed by atoms with Crippen molar-refractivity contribution in [2.45, 2.75) is 67.2 Å². The summed E-state index contributed by atoms with van der Waals surface area (Å²) in [6.45, 7) is 13.1. The predicted molar refractivity (Wildman–Crippen MR) is 146 cm³/mol. The smallest absolute Gasteiger partial charge is 0.0407 e. The first-order chi connectivity index (χ1) is 15.9. The van der Waals surface area contributed by atoms with E-state index < -0.39 is 0 Å². The van der Waals surface area contributed by atoms with Gasteiger partial charge < -0.3 is 0 Å². The highest BCUT2D eigenvalue weighted by Crippen LogP contribution is 2.15. The number of pyridine rings is 1. The van der Waals surface area contributed by atoms with Gasteiger partial charge in [-0.2, -0.15) is 0 Å². The van der Waals surface area contributed by atoms with Gasteiger partial charge in [0.25, 0.3) is 0 Å². The molecule has 0 spiro atoms. The van der Waals surface area contributed by atoms with E-state index in [4.69, 9.17) is 0 Å². The van der Waals surface area contributed by atoms with Crippen molar-refractivity contribution in [1.29, 1.82) is 0 Å². The molecule has 0 saturated heterocycles. The SMILES string of the molecule is CC(C)Cc1ccccc1.CCCc1c(CC)ccnc1C.Cc1ccc2ccccc2c1. The minimum absolute atomic E-state index is 0.766. The van der Waals surface area contributed by atoms with Gasteiger partial charge in [0.05, 0.1) is 0 Å². The Hall–Kier alpha value is -2.93. The molecule has 1 nitrogen and oxygen atoms in total. The fourth-order valence-electron chi connectivity index (χ4n) is 3.97. The standard InChI is InChI=1S/C11H17N.C11H10.C10H14/c1-4-6-11-9(3)12-8-7-10(11)5-2;1-9-6-7-10-4-2-3-5-11(10)8-9;1-9(2)8-10-6-4-3-5-7-10/h7-8H,4-6H2,1-3H3;2-8H,1H3;3-7,9H,8H2,1-2H3. The van der Waals surface area contributed by atoms with Crippen molar-refractivity contribution in [3.8, 4) is 0 Å². The molecule has 1 heteroatoms. The Morgan fingerprint density at radius 2 is 1.42 bits per heavy atom. The van der Waals surface area contributed by atoms with Gasteiger partial charge >= 0.3 is 0 Å². The second-order valence-electron chi connectivity index (χ2n) is 9.07. The highest BCUT2D eigenvalue weighted by Gasteiger charge is 2.02. The summed E-state index contributed by atoms with van der Waals surface area (Å²) in [6, 6.07) is 27.7. The molecule has 4 rings (SSSR count). The lowest BCUT2D eigenvalue weighted by atomic mass is 10.0. The van der Waals surface area contributed by atoms with Gasteiger partial charge in [0.15, 0.2) is 0 Å². The van der Waals surface area contributed by atoms with Gasteiger partial charge in [0.2, 0.25) is 0 Å². The van der Waals surface area contributed by atoms with Crippen molar-refractivity contribution < 1.29 is 0 Å². The van der Waals surface area contributed by atoms with E-state index in [2.05, 4.69) is 125 Å². The molecule has 0 radical (unpaired) electrons. The number of nitrogens with zero attached hydrogens (tertiary/aromatic N) is 1. The molecule has 0 aliphatic rings. The lowest BCUT2D eigenvalue weighted by Crippen LogP contribution is -1.97. The third-order valence-electron chi connectivity index (χ3n) is 5.64. The van der Waals surface area contributed by atoms with Crippen LogP contribution in [0.3, 0.4) is 0 Å². The minimum atomic E-state index is 0.766. The normalized spacial score (nSPS) is 10.3. The molecule has 0 fully saturated rings. The molecule has 1 heterocycles. The zero-order chi connectivity index (χ0) is 24.1. The maximum atomic E-state index is 4.31. The van der Waals surface area contributed by atoms with Crippen LogP contribution in [0.15, 0.2) is 85.1 Å². The number of hydrogen-bond donors (Lipinski definition) is 0. The molecule has 0 bridgehead atoms. The molecule has 0 atom stereocenters. The van der Waals surface area contributed by atoms with Crippen LogP contribution >= 0.6 is 0 Å². The Balaban J connectivity index is 0.000000176. The highest BCUT2D eigenvalue weighted by atomic mass is 14.7. The van der Waals surface area contributed by atoms with Gasteiger partial charge in [-0.15, -0.1) is 0 Å². The Morgan fingerprint density at radius 3 is 2.06 bits per heavy atom. The molecule has 0 aliphatic heterocycles. The molecule has 1 aromatic heterocycles. The third-order valence-corrected chi connectivity index (χ3v) is 5.64. The number of aryl methyl sites for hydroxylation is 3. The molecule has 0 aliphatic carbocycles. The lowest BCUT2D eigenvalue weighted by Gasteiger charge is -2.08. The molecular formula is C32H41N. The van der Waals surface area contributed by atoms with Gasteiger partial charge in [0.1, 0.15) is 0 Å². The Morgan fingerprint density at radius 1 is 0.758 bits per heavy atom. The summed E-state index contributed by atoms with van der Waals surface area (Å²) in [7, 11) is 0. The summed E-state index contributed by atoms with van der Waals surface area (Å²) in [6.07, 6.45) is 6.61. The van der Waals surface area contributed by atoms with Crippen LogP contribution < -0.4 is 0 Å². The van der Waals surface area contributed by atoms with Crippen molar-refractivity contribution in [2.24, 2.45) is 5.92 Å². The van der Waals surface area contributed by atoms with E-state index in [9.17, 15) is 0 Å². The maximum absolute atomic E-state index is 4.31. The Labute approximate surface area is 201 Å². The van der Waals surface area contributed by atoms with Crippen molar-refractivity contribution >= 4 is 10.8 Å². The summed E-state index contributed by atoms with van der Waals surface area (Å²) in [5.41, 5.74) is 6.89. The number of hydrogen-bond acceptors (Lipinski definition) is 1. The molecule has 0 unspecified atom stereocenters. The first-order valence-electron chi connectivity index (χ1n) is 12.4. The molecule has 0 saturated carbocycles. The van der Waals surface area contributed by atoms with Crippen molar-refractivity contribution in [3.05, 3.63) is 113 Å². The number of fused-ring (bicyclic) bond motifs is 1. The van der Waals surface area contributed by atoms with Gasteiger partial charge in [-0.25, -0.2) is 0 Å². The van der Waals surface area contributed by atoms with Crippen molar-refractivity contribution in [2.75, 3.05) is 0 Å². The van der Waals surface area contributed by atoms with Gasteiger partial charge in [-0.1, -0.05) is 112 Å². The van der Waals surface area contributed by atoms with Gasteiger partial charge in [-0.3, -0.25) is 4.98 Å². The second kappa shape index (κ2) is 14.3. The van der Waals surface area contributed by atoms with Crippen molar-refractivity contribution in [3.63, 3.8) is 0 Å². The van der Waals surface area contributed by atoms with Crippen LogP contribution in [-0.4, -0.2) is 4.98 Å². The van der Waals surface area contributed by atoms with Crippen LogP contribution in [0, 0.1) is 19.8 Å². The molecule has 33 heavy (non-hydrogen) atoms. The fourth-order valence-corrected chi connectivity index (χ4v) is 3.97. The molecular weight excluding hydrogens is 398 g/mol. The highest BCUT2D eigenvalue weighted by molar-refractivity contribution is 5.82. The molecule has 4 aromatic rings. The number of benzene rings is 3. The first-order valence-corrected chi connectivity index (χ1v) is 12.4. The van der Waals surface area contributed by atoms with E-state index in [-0.39, 0.29) is 0 Å². The summed E-state index contributed by atoms with van der Waals surface area (Å²) in [4.78, 5) is 4.31. The van der Waals surface area contributed by atoms with Crippen LogP contribution in [0.5, 0.6) is 0 Å². The van der Waals surface area contributed by atoms with Gasteiger partial charge in [-0.05, 0) is 72.6 Å². The topological polar surface area (TPSA) is 12.9 Å². The van der Waals surface area contributed by atoms with Gasteiger partial charge in [0, 0.05) is 11.9 Å². The molecule has 0 amide bonds.